The lowest BCUT2D eigenvalue weighted by atomic mass is 9.96. The number of amides is 1. The molecule has 0 spiro atoms. The standard InChI is InChI=1S/C36H40N2O/c39-36-35(33-20-11-4-12-21-33)37(29-26-32-18-9-3-10-19-32)27-13-28-38(36)34(24-22-30-14-5-1-6-15-30)25-23-31-16-7-2-8-17-31/h1-12,14-21,34-35H,13,22-29H2. The first-order valence-corrected chi connectivity index (χ1v) is 14.5. The normalized spacial score (nSPS) is 16.4. The Hall–Kier alpha value is -3.69. The highest BCUT2D eigenvalue weighted by Gasteiger charge is 2.36. The SMILES string of the molecule is O=C1C(c2ccccc2)N(CCc2ccccc2)CCCN1C(CCc1ccccc1)CCc1ccccc1. The average molecular weight is 517 g/mol. The van der Waals surface area contributed by atoms with Crippen molar-refractivity contribution in [1.29, 1.82) is 0 Å². The largest absolute Gasteiger partial charge is 0.338 e. The number of hydrogen-bond donors (Lipinski definition) is 0. The molecule has 5 rings (SSSR count). The summed E-state index contributed by atoms with van der Waals surface area (Å²) in [5.74, 6) is 0.262. The van der Waals surface area contributed by atoms with Gasteiger partial charge >= 0.3 is 0 Å². The number of benzene rings is 4. The molecule has 1 fully saturated rings. The number of carbonyl (C=O) groups is 1. The molecule has 1 saturated heterocycles. The quantitative estimate of drug-likeness (QED) is 0.212. The Morgan fingerprint density at radius 3 is 1.56 bits per heavy atom. The summed E-state index contributed by atoms with van der Waals surface area (Å²) >= 11 is 0. The van der Waals surface area contributed by atoms with Crippen LogP contribution in [-0.4, -0.2) is 41.4 Å². The van der Waals surface area contributed by atoms with E-state index in [4.69, 9.17) is 0 Å². The Morgan fingerprint density at radius 2 is 1.05 bits per heavy atom. The Balaban J connectivity index is 1.39. The van der Waals surface area contributed by atoms with Crippen molar-refractivity contribution in [1.82, 2.24) is 9.80 Å². The second-order valence-electron chi connectivity index (χ2n) is 10.7. The van der Waals surface area contributed by atoms with Gasteiger partial charge in [-0.05, 0) is 60.8 Å². The lowest BCUT2D eigenvalue weighted by molar-refractivity contribution is -0.138. The van der Waals surface area contributed by atoms with Crippen LogP contribution in [0.25, 0.3) is 0 Å². The maximum absolute atomic E-state index is 14.5. The third-order valence-electron chi connectivity index (χ3n) is 8.03. The molecule has 1 heterocycles. The van der Waals surface area contributed by atoms with Gasteiger partial charge in [0.2, 0.25) is 5.91 Å². The van der Waals surface area contributed by atoms with Crippen molar-refractivity contribution in [3.05, 3.63) is 144 Å². The van der Waals surface area contributed by atoms with Crippen molar-refractivity contribution >= 4 is 5.91 Å². The zero-order valence-corrected chi connectivity index (χ0v) is 22.9. The van der Waals surface area contributed by atoms with Crippen LogP contribution in [0.5, 0.6) is 0 Å². The molecule has 200 valence electrons. The van der Waals surface area contributed by atoms with E-state index in [1.54, 1.807) is 0 Å². The Labute approximate surface area is 234 Å². The molecular formula is C36H40N2O. The molecule has 0 N–H and O–H groups in total. The van der Waals surface area contributed by atoms with Crippen LogP contribution in [0, 0.1) is 0 Å². The second kappa shape index (κ2) is 13.9. The highest BCUT2D eigenvalue weighted by Crippen LogP contribution is 2.30. The van der Waals surface area contributed by atoms with E-state index in [-0.39, 0.29) is 18.0 Å². The van der Waals surface area contributed by atoms with Gasteiger partial charge in [-0.25, -0.2) is 0 Å². The van der Waals surface area contributed by atoms with Crippen LogP contribution in [-0.2, 0) is 24.1 Å². The van der Waals surface area contributed by atoms with Crippen molar-refractivity contribution in [2.24, 2.45) is 0 Å². The van der Waals surface area contributed by atoms with E-state index in [1.165, 1.54) is 16.7 Å². The van der Waals surface area contributed by atoms with Crippen LogP contribution in [0.15, 0.2) is 121 Å². The smallest absolute Gasteiger partial charge is 0.244 e. The summed E-state index contributed by atoms with van der Waals surface area (Å²) in [4.78, 5) is 19.2. The fourth-order valence-corrected chi connectivity index (χ4v) is 5.92. The maximum Gasteiger partial charge on any atom is 0.244 e. The molecule has 3 heteroatoms. The van der Waals surface area contributed by atoms with Gasteiger partial charge in [-0.3, -0.25) is 9.69 Å². The lowest BCUT2D eigenvalue weighted by Gasteiger charge is -2.35. The van der Waals surface area contributed by atoms with Crippen molar-refractivity contribution in [3.8, 4) is 0 Å². The molecule has 1 unspecified atom stereocenters. The van der Waals surface area contributed by atoms with Crippen molar-refractivity contribution in [2.45, 2.75) is 50.6 Å². The molecule has 4 aromatic carbocycles. The van der Waals surface area contributed by atoms with E-state index in [0.717, 1.165) is 63.7 Å². The minimum absolute atomic E-state index is 0.207. The molecule has 1 atom stereocenters. The van der Waals surface area contributed by atoms with Gasteiger partial charge in [-0.2, -0.15) is 0 Å². The van der Waals surface area contributed by atoms with Gasteiger partial charge in [0, 0.05) is 25.7 Å². The monoisotopic (exact) mass is 516 g/mol. The first kappa shape index (κ1) is 26.9. The fraction of sp³-hybridized carbons (Fsp3) is 0.306. The van der Waals surface area contributed by atoms with Crippen LogP contribution >= 0.6 is 0 Å². The van der Waals surface area contributed by atoms with Gasteiger partial charge < -0.3 is 4.90 Å². The molecule has 1 aliphatic heterocycles. The van der Waals surface area contributed by atoms with E-state index in [9.17, 15) is 4.79 Å². The number of carbonyl (C=O) groups excluding carboxylic acids is 1. The molecular weight excluding hydrogens is 476 g/mol. The van der Waals surface area contributed by atoms with E-state index in [0.29, 0.717) is 0 Å². The van der Waals surface area contributed by atoms with Gasteiger partial charge in [0.15, 0.2) is 0 Å². The van der Waals surface area contributed by atoms with Crippen molar-refractivity contribution < 1.29 is 4.79 Å². The summed E-state index contributed by atoms with van der Waals surface area (Å²) in [6.45, 7) is 2.62. The first-order chi connectivity index (χ1) is 19.3. The minimum atomic E-state index is -0.242. The second-order valence-corrected chi connectivity index (χ2v) is 10.7. The predicted molar refractivity (Wildman–Crippen MR) is 161 cm³/mol. The third kappa shape index (κ3) is 7.46. The molecule has 0 aromatic heterocycles. The fourth-order valence-electron chi connectivity index (χ4n) is 5.92. The van der Waals surface area contributed by atoms with Crippen molar-refractivity contribution in [3.63, 3.8) is 0 Å². The molecule has 1 aliphatic rings. The molecule has 3 nitrogen and oxygen atoms in total. The average Bonchev–Trinajstić information content (AvgIpc) is 3.16. The van der Waals surface area contributed by atoms with Crippen molar-refractivity contribution in [2.75, 3.05) is 19.6 Å². The zero-order chi connectivity index (χ0) is 26.7. The molecule has 0 saturated carbocycles. The van der Waals surface area contributed by atoms with Crippen LogP contribution < -0.4 is 0 Å². The van der Waals surface area contributed by atoms with Gasteiger partial charge in [0.1, 0.15) is 6.04 Å². The van der Waals surface area contributed by atoms with Crippen LogP contribution in [0.4, 0.5) is 0 Å². The van der Waals surface area contributed by atoms with Gasteiger partial charge in [0.25, 0.3) is 0 Å². The van der Waals surface area contributed by atoms with E-state index in [2.05, 4.69) is 125 Å². The Kier molecular flexibility index (Phi) is 9.60. The van der Waals surface area contributed by atoms with Gasteiger partial charge in [-0.15, -0.1) is 0 Å². The minimum Gasteiger partial charge on any atom is -0.338 e. The summed E-state index contributed by atoms with van der Waals surface area (Å²) in [5, 5.41) is 0. The number of rotatable bonds is 11. The highest BCUT2D eigenvalue weighted by molar-refractivity contribution is 5.84. The van der Waals surface area contributed by atoms with E-state index < -0.39 is 0 Å². The number of nitrogens with zero attached hydrogens (tertiary/aromatic N) is 2. The van der Waals surface area contributed by atoms with Crippen LogP contribution in [0.2, 0.25) is 0 Å². The highest BCUT2D eigenvalue weighted by atomic mass is 16.2. The molecule has 4 aromatic rings. The summed E-state index contributed by atoms with van der Waals surface area (Å²) in [5.41, 5.74) is 5.11. The Morgan fingerprint density at radius 1 is 0.590 bits per heavy atom. The summed E-state index contributed by atoms with van der Waals surface area (Å²) < 4.78 is 0. The topological polar surface area (TPSA) is 23.6 Å². The third-order valence-corrected chi connectivity index (χ3v) is 8.03. The predicted octanol–water partition coefficient (Wildman–Crippen LogP) is 7.14. The van der Waals surface area contributed by atoms with Gasteiger partial charge in [-0.1, -0.05) is 121 Å². The number of hydrogen-bond acceptors (Lipinski definition) is 2. The summed E-state index contributed by atoms with van der Waals surface area (Å²) in [6.07, 6.45) is 5.87. The maximum atomic E-state index is 14.5. The number of aryl methyl sites for hydroxylation is 2. The van der Waals surface area contributed by atoms with Crippen LogP contribution in [0.3, 0.4) is 0 Å². The van der Waals surface area contributed by atoms with E-state index in [1.807, 2.05) is 6.07 Å². The lowest BCUT2D eigenvalue weighted by Crippen LogP contribution is -2.45. The van der Waals surface area contributed by atoms with Crippen LogP contribution in [0.1, 0.15) is 47.6 Å². The molecule has 0 aliphatic carbocycles. The van der Waals surface area contributed by atoms with E-state index >= 15 is 0 Å². The molecule has 0 radical (unpaired) electrons. The first-order valence-electron chi connectivity index (χ1n) is 14.5. The summed E-state index contributed by atoms with van der Waals surface area (Å²) in [7, 11) is 0. The molecule has 39 heavy (non-hydrogen) atoms. The zero-order valence-electron chi connectivity index (χ0n) is 22.9. The molecule has 0 bridgehead atoms. The Bertz CT molecular complexity index is 1220. The van der Waals surface area contributed by atoms with Gasteiger partial charge in [0.05, 0.1) is 0 Å². The summed E-state index contributed by atoms with van der Waals surface area (Å²) in [6, 6.07) is 42.4. The molecule has 1 amide bonds.